The first-order valence-electron chi connectivity index (χ1n) is 10.7. The van der Waals surface area contributed by atoms with Gasteiger partial charge in [0.15, 0.2) is 0 Å². The number of piperidine rings is 1. The molecule has 3 heterocycles. The van der Waals surface area contributed by atoms with E-state index >= 15 is 0 Å². The largest absolute Gasteiger partial charge is 0.507 e. The maximum absolute atomic E-state index is 10.7. The maximum Gasteiger partial charge on any atom is 0.149 e. The standard InChI is InChI=1S/C23H28N4O2S/c1-14-10-21(24-15-4-3-8-27(13-15)16-11-17(12-16)29-2)25-26-22(14)19-5-6-20-18(23(19)28)7-9-30-20/h5-7,9-10,15-17,28H,3-4,8,11-13H2,1-2H3,(H,24,25)/t15-,16?,17?/m1/s1. The van der Waals surface area contributed by atoms with Gasteiger partial charge in [0.2, 0.25) is 0 Å². The van der Waals surface area contributed by atoms with Gasteiger partial charge in [0.1, 0.15) is 11.6 Å². The first kappa shape index (κ1) is 19.7. The van der Waals surface area contributed by atoms with Crippen LogP contribution in [0.5, 0.6) is 5.75 Å². The van der Waals surface area contributed by atoms with E-state index in [-0.39, 0.29) is 5.75 Å². The van der Waals surface area contributed by atoms with Gasteiger partial charge in [-0.3, -0.25) is 4.90 Å². The zero-order chi connectivity index (χ0) is 20.7. The second-order valence-electron chi connectivity index (χ2n) is 8.52. The third-order valence-electron chi connectivity index (χ3n) is 6.57. The molecule has 0 spiro atoms. The number of rotatable bonds is 5. The van der Waals surface area contributed by atoms with Crippen LogP contribution in [0.1, 0.15) is 31.2 Å². The van der Waals surface area contributed by atoms with Gasteiger partial charge in [-0.1, -0.05) is 0 Å². The van der Waals surface area contributed by atoms with Crippen molar-refractivity contribution < 1.29 is 9.84 Å². The molecule has 158 valence electrons. The summed E-state index contributed by atoms with van der Waals surface area (Å²) in [6, 6.07) is 9.00. The van der Waals surface area contributed by atoms with Crippen LogP contribution in [0.25, 0.3) is 21.3 Å². The van der Waals surface area contributed by atoms with Crippen LogP contribution in [-0.4, -0.2) is 58.6 Å². The Hall–Kier alpha value is -2.22. The van der Waals surface area contributed by atoms with Crippen LogP contribution in [0.3, 0.4) is 0 Å². The van der Waals surface area contributed by atoms with Crippen molar-refractivity contribution in [2.24, 2.45) is 0 Å². The molecule has 2 N–H and O–H groups in total. The van der Waals surface area contributed by atoms with E-state index in [1.165, 1.54) is 13.0 Å². The zero-order valence-corrected chi connectivity index (χ0v) is 18.3. The Bertz CT molecular complexity index is 1050. The number of hydrogen-bond acceptors (Lipinski definition) is 7. The van der Waals surface area contributed by atoms with Crippen LogP contribution in [0.4, 0.5) is 5.82 Å². The van der Waals surface area contributed by atoms with Crippen LogP contribution in [-0.2, 0) is 4.74 Å². The summed E-state index contributed by atoms with van der Waals surface area (Å²) in [4.78, 5) is 2.60. The minimum absolute atomic E-state index is 0.282. The highest BCUT2D eigenvalue weighted by Crippen LogP contribution is 2.38. The summed E-state index contributed by atoms with van der Waals surface area (Å²) in [5, 5.41) is 26.1. The molecule has 0 bridgehead atoms. The zero-order valence-electron chi connectivity index (χ0n) is 17.5. The van der Waals surface area contributed by atoms with Gasteiger partial charge in [-0.2, -0.15) is 0 Å². The molecule has 0 amide bonds. The van der Waals surface area contributed by atoms with Gasteiger partial charge in [0, 0.05) is 41.4 Å². The van der Waals surface area contributed by atoms with Gasteiger partial charge in [-0.25, -0.2) is 0 Å². The van der Waals surface area contributed by atoms with Crippen molar-refractivity contribution in [3.63, 3.8) is 0 Å². The van der Waals surface area contributed by atoms with E-state index in [4.69, 9.17) is 4.74 Å². The van der Waals surface area contributed by atoms with Crippen molar-refractivity contribution in [3.8, 4) is 17.0 Å². The Labute approximate surface area is 180 Å². The fourth-order valence-corrected chi connectivity index (χ4v) is 5.52. The molecule has 0 radical (unpaired) electrons. The molecule has 1 aromatic carbocycles. The number of hydrogen-bond donors (Lipinski definition) is 2. The van der Waals surface area contributed by atoms with Gasteiger partial charge in [-0.05, 0) is 74.4 Å². The molecule has 1 aliphatic heterocycles. The summed E-state index contributed by atoms with van der Waals surface area (Å²) in [6.07, 6.45) is 5.08. The molecule has 2 aromatic heterocycles. The van der Waals surface area contributed by atoms with Gasteiger partial charge in [0.25, 0.3) is 0 Å². The van der Waals surface area contributed by atoms with Crippen LogP contribution < -0.4 is 5.32 Å². The van der Waals surface area contributed by atoms with Crippen LogP contribution in [0.2, 0.25) is 0 Å². The molecule has 2 aliphatic rings. The number of methoxy groups -OCH3 is 1. The van der Waals surface area contributed by atoms with E-state index in [0.717, 1.165) is 58.5 Å². The number of aromatic hydroxyl groups is 1. The van der Waals surface area contributed by atoms with Crippen molar-refractivity contribution in [3.05, 3.63) is 35.2 Å². The molecular formula is C23H28N4O2S. The number of phenols is 1. The number of likely N-dealkylation sites (tertiary alicyclic amines) is 1. The quantitative estimate of drug-likeness (QED) is 0.632. The first-order valence-corrected chi connectivity index (χ1v) is 11.6. The lowest BCUT2D eigenvalue weighted by Crippen LogP contribution is -2.53. The van der Waals surface area contributed by atoms with Gasteiger partial charge < -0.3 is 15.2 Å². The summed E-state index contributed by atoms with van der Waals surface area (Å²) in [6.45, 7) is 4.24. The van der Waals surface area contributed by atoms with Crippen molar-refractivity contribution in [1.29, 1.82) is 0 Å². The second kappa shape index (κ2) is 8.13. The molecule has 30 heavy (non-hydrogen) atoms. The summed E-state index contributed by atoms with van der Waals surface area (Å²) in [5.74, 6) is 1.09. The van der Waals surface area contributed by atoms with Gasteiger partial charge in [-0.15, -0.1) is 21.5 Å². The number of ether oxygens (including phenoxy) is 1. The lowest BCUT2D eigenvalue weighted by atomic mass is 9.86. The van der Waals surface area contributed by atoms with Crippen LogP contribution >= 0.6 is 11.3 Å². The molecule has 1 aliphatic carbocycles. The highest BCUT2D eigenvalue weighted by Gasteiger charge is 2.35. The minimum atomic E-state index is 0.282. The lowest BCUT2D eigenvalue weighted by Gasteiger charge is -2.45. The summed E-state index contributed by atoms with van der Waals surface area (Å²) in [7, 11) is 1.81. The van der Waals surface area contributed by atoms with Gasteiger partial charge >= 0.3 is 0 Å². The van der Waals surface area contributed by atoms with E-state index in [9.17, 15) is 5.11 Å². The van der Waals surface area contributed by atoms with Crippen LogP contribution in [0, 0.1) is 6.92 Å². The SMILES string of the molecule is COC1CC(N2CCC[C@@H](Nc3cc(C)c(-c4ccc5sccc5c4O)nn3)C2)C1. The summed E-state index contributed by atoms with van der Waals surface area (Å²) in [5.41, 5.74) is 2.47. The number of phenolic OH excluding ortho intramolecular Hbond substituents is 1. The lowest BCUT2D eigenvalue weighted by molar-refractivity contribution is -0.0333. The Morgan fingerprint density at radius 3 is 2.90 bits per heavy atom. The molecule has 5 rings (SSSR count). The van der Waals surface area contributed by atoms with E-state index in [0.29, 0.717) is 18.2 Å². The molecule has 1 saturated carbocycles. The Kier molecular flexibility index (Phi) is 5.35. The fourth-order valence-electron chi connectivity index (χ4n) is 4.74. The van der Waals surface area contributed by atoms with Crippen molar-refractivity contribution >= 4 is 27.2 Å². The normalized spacial score (nSPS) is 24.7. The second-order valence-corrected chi connectivity index (χ2v) is 9.46. The molecule has 1 saturated heterocycles. The Morgan fingerprint density at radius 1 is 1.23 bits per heavy atom. The van der Waals surface area contributed by atoms with Crippen molar-refractivity contribution in [2.75, 3.05) is 25.5 Å². The maximum atomic E-state index is 10.7. The van der Waals surface area contributed by atoms with E-state index in [2.05, 4.69) is 20.4 Å². The van der Waals surface area contributed by atoms with E-state index in [1.54, 1.807) is 11.3 Å². The minimum Gasteiger partial charge on any atom is -0.507 e. The molecule has 1 atom stereocenters. The van der Waals surface area contributed by atoms with E-state index < -0.39 is 0 Å². The predicted octanol–water partition coefficient (Wildman–Crippen LogP) is 4.43. The fraction of sp³-hybridized carbons (Fsp3) is 0.478. The van der Waals surface area contributed by atoms with Crippen molar-refractivity contribution in [2.45, 2.75) is 50.8 Å². The number of benzene rings is 1. The molecule has 7 heteroatoms. The van der Waals surface area contributed by atoms with Gasteiger partial charge in [0.05, 0.1) is 11.8 Å². The number of nitrogens with one attached hydrogen (secondary N) is 1. The van der Waals surface area contributed by atoms with Crippen LogP contribution in [0.15, 0.2) is 29.6 Å². The smallest absolute Gasteiger partial charge is 0.149 e. The molecule has 3 aromatic rings. The van der Waals surface area contributed by atoms with E-state index in [1.807, 2.05) is 43.7 Å². The number of nitrogens with zero attached hydrogens (tertiary/aromatic N) is 3. The number of anilines is 1. The predicted molar refractivity (Wildman–Crippen MR) is 121 cm³/mol. The molecule has 6 nitrogen and oxygen atoms in total. The molecule has 2 fully saturated rings. The highest BCUT2D eigenvalue weighted by molar-refractivity contribution is 7.17. The molecule has 0 unspecified atom stereocenters. The number of thiophene rings is 1. The molecular weight excluding hydrogens is 396 g/mol. The third-order valence-corrected chi connectivity index (χ3v) is 7.45. The first-order chi connectivity index (χ1) is 14.6. The third kappa shape index (κ3) is 3.66. The Balaban J connectivity index is 1.29. The Morgan fingerprint density at radius 2 is 2.10 bits per heavy atom. The number of aromatic nitrogens is 2. The summed E-state index contributed by atoms with van der Waals surface area (Å²) < 4.78 is 6.51. The summed E-state index contributed by atoms with van der Waals surface area (Å²) >= 11 is 1.62. The van der Waals surface area contributed by atoms with Crippen molar-refractivity contribution in [1.82, 2.24) is 15.1 Å². The monoisotopic (exact) mass is 424 g/mol. The highest BCUT2D eigenvalue weighted by atomic mass is 32.1. The number of fused-ring (bicyclic) bond motifs is 1. The topological polar surface area (TPSA) is 70.5 Å². The average Bonchev–Trinajstić information content (AvgIpc) is 3.18. The number of aryl methyl sites for hydroxylation is 1. The average molecular weight is 425 g/mol.